The van der Waals surface area contributed by atoms with E-state index >= 15 is 0 Å². The van der Waals surface area contributed by atoms with Crippen molar-refractivity contribution in [1.29, 1.82) is 0 Å². The Bertz CT molecular complexity index is 404. The van der Waals surface area contributed by atoms with Gasteiger partial charge in [0.05, 0.1) is 0 Å². The molecular weight excluding hydrogens is 222 g/mol. The fourth-order valence-electron chi connectivity index (χ4n) is 2.53. The Morgan fingerprint density at radius 3 is 3.00 bits per heavy atom. The molecule has 2 unspecified atom stereocenters. The van der Waals surface area contributed by atoms with Crippen molar-refractivity contribution in [1.82, 2.24) is 15.2 Å². The molecule has 0 radical (unpaired) electrons. The molecule has 1 aromatic heterocycles. The fraction of sp³-hybridized carbons (Fsp3) is 0.667. The average molecular weight is 247 g/mol. The molecule has 1 saturated heterocycles. The van der Waals surface area contributed by atoms with Gasteiger partial charge in [-0.3, -0.25) is 9.88 Å². The molecule has 0 bridgehead atoms. The normalized spacial score (nSPS) is 29.4. The van der Waals surface area contributed by atoms with Crippen molar-refractivity contribution < 1.29 is 0 Å². The molecule has 1 aromatic rings. The van der Waals surface area contributed by atoms with Crippen LogP contribution in [0.5, 0.6) is 0 Å². The van der Waals surface area contributed by atoms with Crippen LogP contribution in [0.4, 0.5) is 0 Å². The lowest BCUT2D eigenvalue weighted by Crippen LogP contribution is -2.61. The Hall–Kier alpha value is -0.930. The summed E-state index contributed by atoms with van der Waals surface area (Å²) < 4.78 is 0. The molecule has 1 aliphatic rings. The second-order valence-electron chi connectivity index (χ2n) is 5.85. The molecular formula is C15H25N3. The highest BCUT2D eigenvalue weighted by Gasteiger charge is 2.32. The number of aryl methyl sites for hydroxylation is 1. The van der Waals surface area contributed by atoms with E-state index in [2.05, 4.69) is 49.0 Å². The molecule has 0 aromatic carbocycles. The lowest BCUT2D eigenvalue weighted by Gasteiger charge is -2.45. The van der Waals surface area contributed by atoms with Crippen LogP contribution in [-0.4, -0.2) is 34.6 Å². The first-order valence-electron chi connectivity index (χ1n) is 6.92. The summed E-state index contributed by atoms with van der Waals surface area (Å²) >= 11 is 0. The van der Waals surface area contributed by atoms with Crippen molar-refractivity contribution in [3.8, 4) is 0 Å². The third-order valence-electron chi connectivity index (χ3n) is 4.29. The standard InChI is InChI=1S/C15H25N3/c1-5-15(4)11-18(13(3)9-17-15)10-14-6-7-16-8-12(14)2/h6-8,13,17H,5,9-11H2,1-4H3. The largest absolute Gasteiger partial charge is 0.309 e. The van der Waals surface area contributed by atoms with E-state index in [1.807, 2.05) is 12.4 Å². The van der Waals surface area contributed by atoms with Gasteiger partial charge in [-0.15, -0.1) is 0 Å². The summed E-state index contributed by atoms with van der Waals surface area (Å²) in [6.45, 7) is 12.3. The molecule has 0 amide bonds. The van der Waals surface area contributed by atoms with Crippen LogP contribution in [0.25, 0.3) is 0 Å². The summed E-state index contributed by atoms with van der Waals surface area (Å²) in [6, 6.07) is 2.74. The lowest BCUT2D eigenvalue weighted by molar-refractivity contribution is 0.0864. The molecule has 3 heteroatoms. The second kappa shape index (κ2) is 5.37. The van der Waals surface area contributed by atoms with E-state index in [9.17, 15) is 0 Å². The maximum Gasteiger partial charge on any atom is 0.0300 e. The minimum absolute atomic E-state index is 0.257. The highest BCUT2D eigenvalue weighted by Crippen LogP contribution is 2.21. The van der Waals surface area contributed by atoms with Crippen molar-refractivity contribution >= 4 is 0 Å². The Morgan fingerprint density at radius 1 is 1.56 bits per heavy atom. The molecule has 18 heavy (non-hydrogen) atoms. The van der Waals surface area contributed by atoms with Crippen LogP contribution in [0.15, 0.2) is 18.5 Å². The molecule has 100 valence electrons. The van der Waals surface area contributed by atoms with Crippen LogP contribution in [0.3, 0.4) is 0 Å². The summed E-state index contributed by atoms with van der Waals surface area (Å²) in [6.07, 6.45) is 5.03. The zero-order valence-electron chi connectivity index (χ0n) is 12.0. The zero-order chi connectivity index (χ0) is 13.2. The zero-order valence-corrected chi connectivity index (χ0v) is 12.0. The van der Waals surface area contributed by atoms with Crippen LogP contribution in [0.1, 0.15) is 38.3 Å². The minimum atomic E-state index is 0.257. The fourth-order valence-corrected chi connectivity index (χ4v) is 2.53. The van der Waals surface area contributed by atoms with E-state index in [0.29, 0.717) is 6.04 Å². The maximum atomic E-state index is 4.17. The number of nitrogens with zero attached hydrogens (tertiary/aromatic N) is 2. The van der Waals surface area contributed by atoms with Gasteiger partial charge in [0, 0.05) is 43.6 Å². The molecule has 1 N–H and O–H groups in total. The topological polar surface area (TPSA) is 28.2 Å². The van der Waals surface area contributed by atoms with Crippen LogP contribution >= 0.6 is 0 Å². The monoisotopic (exact) mass is 247 g/mol. The predicted octanol–water partition coefficient (Wildman–Crippen LogP) is 2.35. The average Bonchev–Trinajstić information content (AvgIpc) is 2.37. The molecule has 2 heterocycles. The summed E-state index contributed by atoms with van der Waals surface area (Å²) in [4.78, 5) is 6.76. The first kappa shape index (κ1) is 13.5. The van der Waals surface area contributed by atoms with Gasteiger partial charge in [0.1, 0.15) is 0 Å². The second-order valence-corrected chi connectivity index (χ2v) is 5.85. The van der Waals surface area contributed by atoms with E-state index in [4.69, 9.17) is 0 Å². The SMILES string of the molecule is CCC1(C)CN(Cc2ccncc2C)C(C)CN1. The van der Waals surface area contributed by atoms with Crippen molar-refractivity contribution in [3.05, 3.63) is 29.6 Å². The van der Waals surface area contributed by atoms with Crippen LogP contribution in [0, 0.1) is 6.92 Å². The summed E-state index contributed by atoms with van der Waals surface area (Å²) in [7, 11) is 0. The van der Waals surface area contributed by atoms with Gasteiger partial charge in [0.25, 0.3) is 0 Å². The molecule has 0 saturated carbocycles. The van der Waals surface area contributed by atoms with Crippen molar-refractivity contribution in [2.24, 2.45) is 0 Å². The number of hydrogen-bond acceptors (Lipinski definition) is 3. The van der Waals surface area contributed by atoms with Crippen LogP contribution in [0.2, 0.25) is 0 Å². The molecule has 0 spiro atoms. The quantitative estimate of drug-likeness (QED) is 0.888. The molecule has 0 aliphatic carbocycles. The summed E-state index contributed by atoms with van der Waals surface area (Å²) in [5.41, 5.74) is 2.95. The minimum Gasteiger partial charge on any atom is -0.309 e. The van der Waals surface area contributed by atoms with Gasteiger partial charge in [-0.1, -0.05) is 6.92 Å². The van der Waals surface area contributed by atoms with Gasteiger partial charge in [-0.25, -0.2) is 0 Å². The first-order valence-corrected chi connectivity index (χ1v) is 6.92. The van der Waals surface area contributed by atoms with Crippen molar-refractivity contribution in [2.45, 2.75) is 52.2 Å². The first-order chi connectivity index (χ1) is 8.54. The van der Waals surface area contributed by atoms with Gasteiger partial charge in [-0.05, 0) is 44.4 Å². The van der Waals surface area contributed by atoms with E-state index in [1.165, 1.54) is 17.5 Å². The molecule has 2 rings (SSSR count). The highest BCUT2D eigenvalue weighted by molar-refractivity contribution is 5.21. The third kappa shape index (κ3) is 2.90. The number of nitrogens with one attached hydrogen (secondary N) is 1. The van der Waals surface area contributed by atoms with Crippen LogP contribution in [-0.2, 0) is 6.54 Å². The van der Waals surface area contributed by atoms with Crippen molar-refractivity contribution in [2.75, 3.05) is 13.1 Å². The predicted molar refractivity (Wildman–Crippen MR) is 75.5 cm³/mol. The molecule has 1 aliphatic heterocycles. The smallest absolute Gasteiger partial charge is 0.0300 e. The summed E-state index contributed by atoms with van der Waals surface area (Å²) in [5, 5.41) is 3.67. The molecule has 1 fully saturated rings. The van der Waals surface area contributed by atoms with E-state index in [1.54, 1.807) is 0 Å². The Morgan fingerprint density at radius 2 is 2.33 bits per heavy atom. The van der Waals surface area contributed by atoms with E-state index in [-0.39, 0.29) is 5.54 Å². The Kier molecular flexibility index (Phi) is 4.03. The number of pyridine rings is 1. The van der Waals surface area contributed by atoms with Gasteiger partial charge in [0.15, 0.2) is 0 Å². The Labute approximate surface area is 111 Å². The van der Waals surface area contributed by atoms with Gasteiger partial charge >= 0.3 is 0 Å². The number of aromatic nitrogens is 1. The number of rotatable bonds is 3. The third-order valence-corrected chi connectivity index (χ3v) is 4.29. The maximum absolute atomic E-state index is 4.17. The summed E-state index contributed by atoms with van der Waals surface area (Å²) in [5.74, 6) is 0. The van der Waals surface area contributed by atoms with Gasteiger partial charge < -0.3 is 5.32 Å². The van der Waals surface area contributed by atoms with Gasteiger partial charge in [-0.2, -0.15) is 0 Å². The Balaban J connectivity index is 2.10. The number of hydrogen-bond donors (Lipinski definition) is 1. The highest BCUT2D eigenvalue weighted by atomic mass is 15.2. The lowest BCUT2D eigenvalue weighted by atomic mass is 9.93. The van der Waals surface area contributed by atoms with Crippen molar-refractivity contribution in [3.63, 3.8) is 0 Å². The van der Waals surface area contributed by atoms with E-state index in [0.717, 1.165) is 19.6 Å². The molecule has 3 nitrogen and oxygen atoms in total. The number of piperazine rings is 1. The van der Waals surface area contributed by atoms with E-state index < -0.39 is 0 Å². The van der Waals surface area contributed by atoms with Crippen LogP contribution < -0.4 is 5.32 Å². The van der Waals surface area contributed by atoms with Gasteiger partial charge in [0.2, 0.25) is 0 Å². The molecule has 2 atom stereocenters.